The van der Waals surface area contributed by atoms with Crippen LogP contribution in [0, 0.1) is 0 Å². The molecule has 3 nitrogen and oxygen atoms in total. The highest BCUT2D eigenvalue weighted by Gasteiger charge is 2.10. The SMILES string of the molecule is CSCCC(C)N(C)CCNC(C)c1ccco1. The second-order valence-electron chi connectivity index (χ2n) is 4.80. The lowest BCUT2D eigenvalue weighted by Crippen LogP contribution is -2.36. The van der Waals surface area contributed by atoms with Crippen LogP contribution >= 0.6 is 11.8 Å². The van der Waals surface area contributed by atoms with Crippen molar-refractivity contribution in [3.8, 4) is 0 Å². The normalized spacial score (nSPS) is 14.9. The molecule has 0 aliphatic heterocycles. The van der Waals surface area contributed by atoms with Gasteiger partial charge in [0.05, 0.1) is 12.3 Å². The minimum atomic E-state index is 0.287. The van der Waals surface area contributed by atoms with Gasteiger partial charge in [-0.05, 0) is 51.5 Å². The van der Waals surface area contributed by atoms with E-state index in [0.29, 0.717) is 6.04 Å². The molecule has 0 bridgehead atoms. The average Bonchev–Trinajstić information content (AvgIpc) is 2.89. The van der Waals surface area contributed by atoms with Crippen LogP contribution in [0.5, 0.6) is 0 Å². The fraction of sp³-hybridized carbons (Fsp3) is 0.714. The van der Waals surface area contributed by atoms with Gasteiger partial charge in [-0.1, -0.05) is 0 Å². The van der Waals surface area contributed by atoms with Gasteiger partial charge in [-0.15, -0.1) is 0 Å². The van der Waals surface area contributed by atoms with Crippen LogP contribution < -0.4 is 5.32 Å². The first kappa shape index (κ1) is 15.6. The first-order valence-corrected chi connectivity index (χ1v) is 8.00. The van der Waals surface area contributed by atoms with Crippen LogP contribution in [0.25, 0.3) is 0 Å². The number of rotatable bonds is 9. The van der Waals surface area contributed by atoms with Crippen molar-refractivity contribution in [1.82, 2.24) is 10.2 Å². The zero-order chi connectivity index (χ0) is 13.4. The smallest absolute Gasteiger partial charge is 0.120 e. The maximum atomic E-state index is 5.37. The lowest BCUT2D eigenvalue weighted by molar-refractivity contribution is 0.248. The summed E-state index contributed by atoms with van der Waals surface area (Å²) in [6.07, 6.45) is 5.15. The molecule has 0 aliphatic rings. The Morgan fingerprint density at radius 3 is 2.83 bits per heavy atom. The molecule has 0 aliphatic carbocycles. The Labute approximate surface area is 115 Å². The van der Waals surface area contributed by atoms with Crippen LogP contribution in [0.4, 0.5) is 0 Å². The summed E-state index contributed by atoms with van der Waals surface area (Å²) in [6, 6.07) is 4.89. The summed E-state index contributed by atoms with van der Waals surface area (Å²) in [4.78, 5) is 2.41. The van der Waals surface area contributed by atoms with E-state index in [-0.39, 0.29) is 6.04 Å². The van der Waals surface area contributed by atoms with Gasteiger partial charge in [0.15, 0.2) is 0 Å². The first-order valence-electron chi connectivity index (χ1n) is 6.61. The van der Waals surface area contributed by atoms with E-state index in [9.17, 15) is 0 Å². The fourth-order valence-electron chi connectivity index (χ4n) is 1.82. The molecule has 0 spiro atoms. The van der Waals surface area contributed by atoms with Crippen molar-refractivity contribution >= 4 is 11.8 Å². The van der Waals surface area contributed by atoms with Crippen molar-refractivity contribution in [3.63, 3.8) is 0 Å². The van der Waals surface area contributed by atoms with Gasteiger partial charge >= 0.3 is 0 Å². The summed E-state index contributed by atoms with van der Waals surface area (Å²) >= 11 is 1.92. The Bertz CT molecular complexity index is 303. The molecule has 1 rings (SSSR count). The Kier molecular flexibility index (Phi) is 7.47. The van der Waals surface area contributed by atoms with Crippen molar-refractivity contribution in [2.45, 2.75) is 32.4 Å². The van der Waals surface area contributed by atoms with Crippen molar-refractivity contribution in [2.75, 3.05) is 32.1 Å². The fourth-order valence-corrected chi connectivity index (χ4v) is 2.40. The third-order valence-corrected chi connectivity index (χ3v) is 4.02. The van der Waals surface area contributed by atoms with Crippen LogP contribution in [0.15, 0.2) is 22.8 Å². The Hall–Kier alpha value is -0.450. The van der Waals surface area contributed by atoms with Crippen LogP contribution in [-0.2, 0) is 0 Å². The molecule has 0 fully saturated rings. The second kappa shape index (κ2) is 8.62. The minimum Gasteiger partial charge on any atom is -0.468 e. The molecule has 104 valence electrons. The standard InChI is InChI=1S/C14H26N2OS/c1-12(7-11-18-4)16(3)9-8-15-13(2)14-6-5-10-17-14/h5-6,10,12-13,15H,7-9,11H2,1-4H3. The number of hydrogen-bond acceptors (Lipinski definition) is 4. The van der Waals surface area contributed by atoms with E-state index in [1.165, 1.54) is 12.2 Å². The maximum absolute atomic E-state index is 5.37. The summed E-state index contributed by atoms with van der Waals surface area (Å²) in [7, 11) is 2.20. The van der Waals surface area contributed by atoms with Gasteiger partial charge in [-0.25, -0.2) is 0 Å². The number of likely N-dealkylation sites (N-methyl/N-ethyl adjacent to an activating group) is 1. The number of hydrogen-bond donors (Lipinski definition) is 1. The molecule has 1 aromatic heterocycles. The Morgan fingerprint density at radius 1 is 1.44 bits per heavy atom. The molecule has 0 aromatic carbocycles. The number of nitrogens with zero attached hydrogens (tertiary/aromatic N) is 1. The molecule has 18 heavy (non-hydrogen) atoms. The van der Waals surface area contributed by atoms with Crippen molar-refractivity contribution < 1.29 is 4.42 Å². The quantitative estimate of drug-likeness (QED) is 0.747. The van der Waals surface area contributed by atoms with Gasteiger partial charge in [0.2, 0.25) is 0 Å². The summed E-state index contributed by atoms with van der Waals surface area (Å²) < 4.78 is 5.37. The zero-order valence-corrected chi connectivity index (χ0v) is 12.8. The van der Waals surface area contributed by atoms with E-state index >= 15 is 0 Å². The Morgan fingerprint density at radius 2 is 2.22 bits per heavy atom. The third kappa shape index (κ3) is 5.46. The highest BCUT2D eigenvalue weighted by atomic mass is 32.2. The molecule has 1 N–H and O–H groups in total. The van der Waals surface area contributed by atoms with Crippen molar-refractivity contribution in [1.29, 1.82) is 0 Å². The number of furan rings is 1. The van der Waals surface area contributed by atoms with E-state index < -0.39 is 0 Å². The van der Waals surface area contributed by atoms with Crippen molar-refractivity contribution in [2.24, 2.45) is 0 Å². The topological polar surface area (TPSA) is 28.4 Å². The van der Waals surface area contributed by atoms with Gasteiger partial charge in [0, 0.05) is 19.1 Å². The molecule has 2 atom stereocenters. The zero-order valence-electron chi connectivity index (χ0n) is 12.0. The Balaban J connectivity index is 2.16. The van der Waals surface area contributed by atoms with E-state index in [4.69, 9.17) is 4.42 Å². The molecule has 0 radical (unpaired) electrons. The lowest BCUT2D eigenvalue weighted by Gasteiger charge is -2.25. The van der Waals surface area contributed by atoms with Gasteiger partial charge in [0.1, 0.15) is 5.76 Å². The monoisotopic (exact) mass is 270 g/mol. The molecule has 0 saturated carbocycles. The van der Waals surface area contributed by atoms with Gasteiger partial charge < -0.3 is 14.6 Å². The van der Waals surface area contributed by atoms with E-state index in [2.05, 4.69) is 37.4 Å². The minimum absolute atomic E-state index is 0.287. The second-order valence-corrected chi connectivity index (χ2v) is 5.79. The average molecular weight is 270 g/mol. The molecule has 1 heterocycles. The molecular weight excluding hydrogens is 244 g/mol. The predicted molar refractivity (Wildman–Crippen MR) is 80.2 cm³/mol. The van der Waals surface area contributed by atoms with Gasteiger partial charge in [-0.2, -0.15) is 11.8 Å². The number of thioether (sulfide) groups is 1. The summed E-state index contributed by atoms with van der Waals surface area (Å²) in [5.41, 5.74) is 0. The molecular formula is C14H26N2OS. The van der Waals surface area contributed by atoms with Crippen LogP contribution in [0.3, 0.4) is 0 Å². The molecule has 1 aromatic rings. The molecule has 0 amide bonds. The highest BCUT2D eigenvalue weighted by Crippen LogP contribution is 2.11. The predicted octanol–water partition coefficient (Wildman–Crippen LogP) is 3.00. The maximum Gasteiger partial charge on any atom is 0.120 e. The third-order valence-electron chi connectivity index (χ3n) is 3.38. The van der Waals surface area contributed by atoms with Gasteiger partial charge in [-0.3, -0.25) is 0 Å². The molecule has 0 saturated heterocycles. The lowest BCUT2D eigenvalue weighted by atomic mass is 10.2. The van der Waals surface area contributed by atoms with Gasteiger partial charge in [0.25, 0.3) is 0 Å². The van der Waals surface area contributed by atoms with Crippen molar-refractivity contribution in [3.05, 3.63) is 24.2 Å². The molecule has 4 heteroatoms. The van der Waals surface area contributed by atoms with E-state index in [1.807, 2.05) is 23.9 Å². The number of nitrogens with one attached hydrogen (secondary N) is 1. The summed E-state index contributed by atoms with van der Waals surface area (Å²) in [5, 5.41) is 3.49. The van der Waals surface area contributed by atoms with Crippen LogP contribution in [0.1, 0.15) is 32.1 Å². The van der Waals surface area contributed by atoms with E-state index in [0.717, 1.165) is 18.8 Å². The highest BCUT2D eigenvalue weighted by molar-refractivity contribution is 7.98. The first-order chi connectivity index (χ1) is 8.65. The largest absolute Gasteiger partial charge is 0.468 e. The molecule has 2 unspecified atom stereocenters. The van der Waals surface area contributed by atoms with Crippen LogP contribution in [-0.4, -0.2) is 43.1 Å². The summed E-state index contributed by atoms with van der Waals surface area (Å²) in [5.74, 6) is 2.25. The van der Waals surface area contributed by atoms with Crippen LogP contribution in [0.2, 0.25) is 0 Å². The van der Waals surface area contributed by atoms with E-state index in [1.54, 1.807) is 6.26 Å². The summed E-state index contributed by atoms with van der Waals surface area (Å²) in [6.45, 7) is 6.49.